The summed E-state index contributed by atoms with van der Waals surface area (Å²) >= 11 is 13.9. The Labute approximate surface area is 289 Å². The Morgan fingerprint density at radius 2 is 0.812 bits per heavy atom. The fourth-order valence-electron chi connectivity index (χ4n) is 6.18. The smallest absolute Gasteiger partial charge is 0.221 e. The molecule has 8 aromatic rings. The first-order valence-corrected chi connectivity index (χ1v) is 16.4. The summed E-state index contributed by atoms with van der Waals surface area (Å²) in [5.41, 5.74) is 8.91. The van der Waals surface area contributed by atoms with Gasteiger partial charge in [0.25, 0.3) is 0 Å². The van der Waals surface area contributed by atoms with Crippen molar-refractivity contribution in [3.63, 3.8) is 0 Å². The van der Waals surface area contributed by atoms with Crippen LogP contribution in [-0.2, 0) is 0 Å². The van der Waals surface area contributed by atoms with Crippen molar-refractivity contribution in [1.29, 1.82) is 0 Å². The highest BCUT2D eigenvalue weighted by Crippen LogP contribution is 2.44. The fraction of sp³-hybridized carbons (Fsp3) is 0. The predicted molar refractivity (Wildman–Crippen MR) is 198 cm³/mol. The largest absolute Gasteiger partial charge is 0.277 e. The second kappa shape index (κ2) is 12.8. The summed E-state index contributed by atoms with van der Waals surface area (Å²) in [6.07, 6.45) is 0. The molecule has 6 aromatic carbocycles. The Kier molecular flexibility index (Phi) is 7.95. The molecule has 0 aliphatic carbocycles. The molecule has 0 saturated carbocycles. The molecule has 0 bridgehead atoms. The summed E-state index contributed by atoms with van der Waals surface area (Å²) in [6.45, 7) is 0. The van der Waals surface area contributed by atoms with Crippen LogP contribution in [0.4, 0.5) is 0 Å². The topological polar surface area (TPSA) is 35.6 Å². The number of para-hydroxylation sites is 1. The van der Waals surface area contributed by atoms with Gasteiger partial charge in [-0.1, -0.05) is 163 Å². The Bertz CT molecular complexity index is 2350. The minimum absolute atomic E-state index is 0.593. The molecule has 0 fully saturated rings. The average Bonchev–Trinajstić information content (AvgIpc) is 3.73. The summed E-state index contributed by atoms with van der Waals surface area (Å²) in [5.74, 6) is 1.32. The van der Waals surface area contributed by atoms with Gasteiger partial charge in [0.15, 0.2) is 0 Å². The normalized spacial score (nSPS) is 11.1. The van der Waals surface area contributed by atoms with E-state index in [1.807, 2.05) is 121 Å². The molecular weight excluding hydrogens is 631 g/mol. The molecule has 0 spiro atoms. The van der Waals surface area contributed by atoms with E-state index in [-0.39, 0.29) is 0 Å². The first kappa shape index (κ1) is 29.7. The van der Waals surface area contributed by atoms with E-state index in [1.165, 1.54) is 0 Å². The molecule has 48 heavy (non-hydrogen) atoms. The Hall–Kier alpha value is -5.68. The SMILES string of the molecule is Clc1ccccc1-c1nc(-n2c(-c3ccccc3Cl)nc(-c3ccccc3)c2-c2ccccc2)n(-c2ccccc2)c1-c1ccccc1. The minimum atomic E-state index is 0.593. The van der Waals surface area contributed by atoms with Gasteiger partial charge in [-0.3, -0.25) is 9.13 Å². The van der Waals surface area contributed by atoms with Crippen molar-refractivity contribution in [3.8, 4) is 68.1 Å². The van der Waals surface area contributed by atoms with E-state index in [1.54, 1.807) is 0 Å². The maximum atomic E-state index is 6.98. The van der Waals surface area contributed by atoms with Gasteiger partial charge in [-0.25, -0.2) is 9.97 Å². The monoisotopic (exact) mass is 658 g/mol. The van der Waals surface area contributed by atoms with Crippen LogP contribution < -0.4 is 0 Å². The summed E-state index contributed by atoms with van der Waals surface area (Å²) in [7, 11) is 0. The van der Waals surface area contributed by atoms with Crippen LogP contribution in [0.25, 0.3) is 68.1 Å². The van der Waals surface area contributed by atoms with Gasteiger partial charge in [-0.05, 0) is 30.3 Å². The lowest BCUT2D eigenvalue weighted by Crippen LogP contribution is -2.09. The summed E-state index contributed by atoms with van der Waals surface area (Å²) in [6, 6.07) is 56.9. The molecule has 0 saturated heterocycles. The molecule has 6 heteroatoms. The van der Waals surface area contributed by atoms with Gasteiger partial charge in [0, 0.05) is 33.5 Å². The van der Waals surface area contributed by atoms with Crippen LogP contribution in [0, 0.1) is 0 Å². The number of hydrogen-bond donors (Lipinski definition) is 0. The summed E-state index contributed by atoms with van der Waals surface area (Å²) < 4.78 is 4.36. The van der Waals surface area contributed by atoms with Crippen LogP contribution in [0.1, 0.15) is 0 Å². The fourth-order valence-corrected chi connectivity index (χ4v) is 6.63. The lowest BCUT2D eigenvalue weighted by molar-refractivity contribution is 0.903. The van der Waals surface area contributed by atoms with Crippen LogP contribution in [0.3, 0.4) is 0 Å². The zero-order valence-electron chi connectivity index (χ0n) is 25.7. The quantitative estimate of drug-likeness (QED) is 0.171. The van der Waals surface area contributed by atoms with Crippen molar-refractivity contribution < 1.29 is 0 Å². The molecule has 0 amide bonds. The number of aromatic nitrogens is 4. The first-order valence-electron chi connectivity index (χ1n) is 15.7. The number of hydrogen-bond acceptors (Lipinski definition) is 2. The van der Waals surface area contributed by atoms with Crippen molar-refractivity contribution in [3.05, 3.63) is 180 Å². The molecular formula is C42H28Cl2N4. The zero-order chi connectivity index (χ0) is 32.5. The first-order chi connectivity index (χ1) is 23.7. The van der Waals surface area contributed by atoms with E-state index < -0.39 is 0 Å². The zero-order valence-corrected chi connectivity index (χ0v) is 27.2. The van der Waals surface area contributed by atoms with Gasteiger partial charge in [0.05, 0.1) is 27.1 Å². The molecule has 4 nitrogen and oxygen atoms in total. The molecule has 0 aliphatic rings. The maximum absolute atomic E-state index is 6.98. The van der Waals surface area contributed by atoms with Crippen LogP contribution in [-0.4, -0.2) is 19.1 Å². The van der Waals surface area contributed by atoms with E-state index >= 15 is 0 Å². The molecule has 0 aliphatic heterocycles. The van der Waals surface area contributed by atoms with Crippen molar-refractivity contribution in [2.75, 3.05) is 0 Å². The van der Waals surface area contributed by atoms with Crippen LogP contribution in [0.2, 0.25) is 10.0 Å². The lowest BCUT2D eigenvalue weighted by atomic mass is 10.0. The molecule has 0 radical (unpaired) electrons. The maximum Gasteiger partial charge on any atom is 0.221 e. The highest BCUT2D eigenvalue weighted by atomic mass is 35.5. The lowest BCUT2D eigenvalue weighted by Gasteiger charge is -2.17. The molecule has 0 N–H and O–H groups in total. The third-order valence-electron chi connectivity index (χ3n) is 8.34. The second-order valence-corrected chi connectivity index (χ2v) is 12.1. The number of nitrogens with zero attached hydrogens (tertiary/aromatic N) is 4. The van der Waals surface area contributed by atoms with E-state index in [4.69, 9.17) is 33.2 Å². The second-order valence-electron chi connectivity index (χ2n) is 11.3. The van der Waals surface area contributed by atoms with Gasteiger partial charge >= 0.3 is 0 Å². The Balaban J connectivity index is 1.59. The Morgan fingerprint density at radius 3 is 1.35 bits per heavy atom. The van der Waals surface area contributed by atoms with Gasteiger partial charge in [0.1, 0.15) is 11.5 Å². The Morgan fingerprint density at radius 1 is 0.375 bits per heavy atom. The molecule has 2 aromatic heterocycles. The number of imidazole rings is 2. The number of rotatable bonds is 7. The molecule has 0 atom stereocenters. The van der Waals surface area contributed by atoms with E-state index in [9.17, 15) is 0 Å². The number of benzene rings is 6. The highest BCUT2D eigenvalue weighted by molar-refractivity contribution is 6.33. The van der Waals surface area contributed by atoms with E-state index in [0.29, 0.717) is 21.8 Å². The third kappa shape index (κ3) is 5.31. The minimum Gasteiger partial charge on any atom is -0.277 e. The van der Waals surface area contributed by atoms with Crippen molar-refractivity contribution >= 4 is 23.2 Å². The molecule has 230 valence electrons. The third-order valence-corrected chi connectivity index (χ3v) is 9.00. The van der Waals surface area contributed by atoms with Gasteiger partial charge in [-0.15, -0.1) is 0 Å². The summed E-state index contributed by atoms with van der Waals surface area (Å²) in [4.78, 5) is 10.9. The van der Waals surface area contributed by atoms with Gasteiger partial charge in [0.2, 0.25) is 5.95 Å². The van der Waals surface area contributed by atoms with Crippen molar-refractivity contribution in [2.24, 2.45) is 0 Å². The predicted octanol–water partition coefficient (Wildman–Crippen LogP) is 11.7. The van der Waals surface area contributed by atoms with Crippen LogP contribution in [0.5, 0.6) is 0 Å². The van der Waals surface area contributed by atoms with Crippen molar-refractivity contribution in [1.82, 2.24) is 19.1 Å². The van der Waals surface area contributed by atoms with Crippen molar-refractivity contribution in [2.45, 2.75) is 0 Å². The highest BCUT2D eigenvalue weighted by Gasteiger charge is 2.30. The number of halogens is 2. The molecule has 8 rings (SSSR count). The average molecular weight is 660 g/mol. The van der Waals surface area contributed by atoms with Gasteiger partial charge in [-0.2, -0.15) is 0 Å². The van der Waals surface area contributed by atoms with E-state index in [2.05, 4.69) is 57.7 Å². The van der Waals surface area contributed by atoms with Crippen LogP contribution in [0.15, 0.2) is 170 Å². The molecule has 0 unspecified atom stereocenters. The summed E-state index contributed by atoms with van der Waals surface area (Å²) in [5, 5.41) is 1.21. The van der Waals surface area contributed by atoms with E-state index in [0.717, 1.165) is 56.3 Å². The molecule has 2 heterocycles. The van der Waals surface area contributed by atoms with Crippen LogP contribution >= 0.6 is 23.2 Å². The standard InChI is InChI=1S/C42H28Cl2N4/c43-35-27-15-13-25-33(35)38-40(31-21-9-3-10-22-31)47(32-23-11-4-12-24-32)42(46-38)48-39(30-19-7-2-8-20-30)37(29-17-5-1-6-18-29)45-41(48)34-26-14-16-28-36(34)44/h1-28H. The van der Waals surface area contributed by atoms with Gasteiger partial charge < -0.3 is 0 Å².